The molecule has 1 rings (SSSR count). The van der Waals surface area contributed by atoms with Crippen LogP contribution in [0.25, 0.3) is 0 Å². The first-order valence-corrected chi connectivity index (χ1v) is 6.14. The van der Waals surface area contributed by atoms with E-state index in [4.69, 9.17) is 9.84 Å². The molecule has 0 bridgehead atoms. The number of carboxylic acids is 1. The van der Waals surface area contributed by atoms with Gasteiger partial charge in [-0.1, -0.05) is 13.3 Å². The highest BCUT2D eigenvalue weighted by atomic mass is 16.5. The van der Waals surface area contributed by atoms with Crippen molar-refractivity contribution < 1.29 is 14.6 Å². The highest BCUT2D eigenvalue weighted by Gasteiger charge is 2.28. The largest absolute Gasteiger partial charge is 0.480 e. The van der Waals surface area contributed by atoms with Crippen LogP contribution in [-0.4, -0.2) is 48.8 Å². The van der Waals surface area contributed by atoms with E-state index in [2.05, 4.69) is 4.90 Å². The fourth-order valence-corrected chi connectivity index (χ4v) is 2.40. The molecule has 1 fully saturated rings. The van der Waals surface area contributed by atoms with Gasteiger partial charge in [0.25, 0.3) is 0 Å². The van der Waals surface area contributed by atoms with Gasteiger partial charge in [0.1, 0.15) is 6.04 Å². The second-order valence-electron chi connectivity index (χ2n) is 4.58. The zero-order valence-corrected chi connectivity index (χ0v) is 10.3. The molecule has 1 N–H and O–H groups in total. The molecular weight excluding hydrogens is 206 g/mol. The number of aliphatic carboxylic acids is 1. The summed E-state index contributed by atoms with van der Waals surface area (Å²) < 4.78 is 5.14. The lowest BCUT2D eigenvalue weighted by molar-refractivity contribution is -0.144. The second-order valence-corrected chi connectivity index (χ2v) is 4.58. The van der Waals surface area contributed by atoms with E-state index in [1.165, 1.54) is 0 Å². The van der Waals surface area contributed by atoms with Crippen molar-refractivity contribution in [2.24, 2.45) is 5.92 Å². The van der Waals surface area contributed by atoms with Gasteiger partial charge in [-0.05, 0) is 38.3 Å². The Balaban J connectivity index is 2.41. The maximum absolute atomic E-state index is 11.1. The molecular formula is C12H23NO3. The summed E-state index contributed by atoms with van der Waals surface area (Å²) >= 11 is 0. The van der Waals surface area contributed by atoms with E-state index in [9.17, 15) is 4.79 Å². The lowest BCUT2D eigenvalue weighted by Gasteiger charge is -2.35. The lowest BCUT2D eigenvalue weighted by Crippen LogP contribution is -2.46. The topological polar surface area (TPSA) is 49.8 Å². The van der Waals surface area contributed by atoms with Gasteiger partial charge in [-0.15, -0.1) is 0 Å². The molecule has 16 heavy (non-hydrogen) atoms. The van der Waals surface area contributed by atoms with Gasteiger partial charge < -0.3 is 9.84 Å². The summed E-state index contributed by atoms with van der Waals surface area (Å²) in [6.45, 7) is 4.63. The number of carboxylic acid groups (broad SMARTS) is 1. The van der Waals surface area contributed by atoms with Crippen LogP contribution >= 0.6 is 0 Å². The van der Waals surface area contributed by atoms with Crippen molar-refractivity contribution in [1.29, 1.82) is 0 Å². The smallest absolute Gasteiger partial charge is 0.320 e. The number of nitrogens with zero attached hydrogens (tertiary/aromatic N) is 1. The predicted octanol–water partition coefficient (Wildman–Crippen LogP) is 1.60. The van der Waals surface area contributed by atoms with Crippen molar-refractivity contribution in [2.45, 2.75) is 38.6 Å². The quantitative estimate of drug-likeness (QED) is 0.751. The van der Waals surface area contributed by atoms with Gasteiger partial charge in [0.15, 0.2) is 0 Å². The van der Waals surface area contributed by atoms with Gasteiger partial charge in [0.05, 0.1) is 0 Å². The Kier molecular flexibility index (Phi) is 5.77. The molecule has 1 aliphatic heterocycles. The van der Waals surface area contributed by atoms with Gasteiger partial charge in [0, 0.05) is 13.7 Å². The average Bonchev–Trinajstić information content (AvgIpc) is 2.27. The Morgan fingerprint density at radius 2 is 2.12 bits per heavy atom. The van der Waals surface area contributed by atoms with Crippen LogP contribution in [0.15, 0.2) is 0 Å². The zero-order valence-electron chi connectivity index (χ0n) is 10.3. The van der Waals surface area contributed by atoms with E-state index >= 15 is 0 Å². The average molecular weight is 229 g/mol. The molecule has 1 atom stereocenters. The van der Waals surface area contributed by atoms with Crippen molar-refractivity contribution in [3.8, 4) is 0 Å². The Hall–Kier alpha value is -0.610. The minimum atomic E-state index is -0.674. The van der Waals surface area contributed by atoms with E-state index in [0.29, 0.717) is 5.92 Å². The molecule has 0 radical (unpaired) electrons. The number of likely N-dealkylation sites (tertiary alicyclic amines) is 1. The first-order valence-electron chi connectivity index (χ1n) is 6.14. The molecule has 0 aromatic carbocycles. The minimum absolute atomic E-state index is 0.284. The van der Waals surface area contributed by atoms with E-state index in [-0.39, 0.29) is 6.04 Å². The Morgan fingerprint density at radius 3 is 2.56 bits per heavy atom. The third-order valence-corrected chi connectivity index (χ3v) is 3.34. The number of rotatable bonds is 6. The number of hydrogen-bond donors (Lipinski definition) is 1. The minimum Gasteiger partial charge on any atom is -0.480 e. The number of piperidine rings is 1. The van der Waals surface area contributed by atoms with Crippen LogP contribution in [0.4, 0.5) is 0 Å². The summed E-state index contributed by atoms with van der Waals surface area (Å²) in [7, 11) is 1.73. The molecule has 0 aliphatic carbocycles. The molecule has 1 saturated heterocycles. The van der Waals surface area contributed by atoms with Crippen LogP contribution < -0.4 is 0 Å². The Bertz CT molecular complexity index is 212. The molecule has 0 aromatic heterocycles. The van der Waals surface area contributed by atoms with E-state index < -0.39 is 5.97 Å². The Morgan fingerprint density at radius 1 is 1.50 bits per heavy atom. The summed E-state index contributed by atoms with van der Waals surface area (Å²) in [6, 6.07) is -0.284. The first-order chi connectivity index (χ1) is 7.69. The highest BCUT2D eigenvalue weighted by molar-refractivity contribution is 5.73. The number of carbonyl (C=O) groups is 1. The van der Waals surface area contributed by atoms with Crippen molar-refractivity contribution in [3.63, 3.8) is 0 Å². The maximum atomic E-state index is 11.1. The van der Waals surface area contributed by atoms with Gasteiger partial charge in [-0.25, -0.2) is 0 Å². The van der Waals surface area contributed by atoms with Crippen LogP contribution in [0, 0.1) is 5.92 Å². The van der Waals surface area contributed by atoms with Crippen LogP contribution in [-0.2, 0) is 9.53 Å². The first kappa shape index (κ1) is 13.5. The van der Waals surface area contributed by atoms with Gasteiger partial charge >= 0.3 is 5.97 Å². The van der Waals surface area contributed by atoms with Crippen molar-refractivity contribution in [3.05, 3.63) is 0 Å². The molecule has 1 unspecified atom stereocenters. The van der Waals surface area contributed by atoms with Crippen LogP contribution in [0.3, 0.4) is 0 Å². The summed E-state index contributed by atoms with van der Waals surface area (Å²) in [5.74, 6) is -0.0654. The van der Waals surface area contributed by atoms with E-state index in [1.54, 1.807) is 7.11 Å². The number of ether oxygens (including phenoxy) is 1. The van der Waals surface area contributed by atoms with E-state index in [0.717, 1.165) is 45.4 Å². The standard InChI is InChI=1S/C12H23NO3/c1-3-4-11(12(14)15)13-7-5-10(6-8-13)9-16-2/h10-11H,3-9H2,1-2H3,(H,14,15). The SMILES string of the molecule is CCCC(C(=O)O)N1CCC(COC)CC1. The molecule has 4 heteroatoms. The van der Waals surface area contributed by atoms with Crippen LogP contribution in [0.5, 0.6) is 0 Å². The molecule has 0 aromatic rings. The monoisotopic (exact) mass is 229 g/mol. The van der Waals surface area contributed by atoms with Gasteiger partial charge in [0.2, 0.25) is 0 Å². The molecule has 0 saturated carbocycles. The second kappa shape index (κ2) is 6.86. The summed E-state index contributed by atoms with van der Waals surface area (Å²) in [5.41, 5.74) is 0. The fraction of sp³-hybridized carbons (Fsp3) is 0.917. The molecule has 4 nitrogen and oxygen atoms in total. The third-order valence-electron chi connectivity index (χ3n) is 3.34. The number of hydrogen-bond acceptors (Lipinski definition) is 3. The Labute approximate surface area is 97.6 Å². The van der Waals surface area contributed by atoms with Crippen molar-refractivity contribution >= 4 is 5.97 Å². The van der Waals surface area contributed by atoms with Crippen LogP contribution in [0.1, 0.15) is 32.6 Å². The maximum Gasteiger partial charge on any atom is 0.320 e. The van der Waals surface area contributed by atoms with Crippen molar-refractivity contribution in [2.75, 3.05) is 26.8 Å². The third kappa shape index (κ3) is 3.76. The number of methoxy groups -OCH3 is 1. The zero-order chi connectivity index (χ0) is 12.0. The molecule has 0 spiro atoms. The van der Waals surface area contributed by atoms with Gasteiger partial charge in [-0.3, -0.25) is 9.69 Å². The van der Waals surface area contributed by atoms with E-state index in [1.807, 2.05) is 6.92 Å². The summed E-state index contributed by atoms with van der Waals surface area (Å²) in [4.78, 5) is 13.2. The van der Waals surface area contributed by atoms with Gasteiger partial charge in [-0.2, -0.15) is 0 Å². The summed E-state index contributed by atoms with van der Waals surface area (Å²) in [6.07, 6.45) is 3.79. The predicted molar refractivity (Wildman–Crippen MR) is 62.5 cm³/mol. The normalized spacial score (nSPS) is 20.9. The molecule has 94 valence electrons. The van der Waals surface area contributed by atoms with Crippen LogP contribution in [0.2, 0.25) is 0 Å². The molecule has 1 aliphatic rings. The molecule has 1 heterocycles. The van der Waals surface area contributed by atoms with Crippen molar-refractivity contribution in [1.82, 2.24) is 4.90 Å². The fourth-order valence-electron chi connectivity index (χ4n) is 2.40. The molecule has 0 amide bonds. The highest BCUT2D eigenvalue weighted by Crippen LogP contribution is 2.20. The summed E-state index contributed by atoms with van der Waals surface area (Å²) in [5, 5.41) is 9.16. The lowest BCUT2D eigenvalue weighted by atomic mass is 9.96.